The Morgan fingerprint density at radius 1 is 1.17 bits per heavy atom. The molecule has 1 aliphatic heterocycles. The van der Waals surface area contributed by atoms with Crippen LogP contribution in [0.5, 0.6) is 5.88 Å². The summed E-state index contributed by atoms with van der Waals surface area (Å²) in [6, 6.07) is 8.31. The molecule has 1 aliphatic rings. The van der Waals surface area contributed by atoms with Crippen LogP contribution in [0.2, 0.25) is 0 Å². The van der Waals surface area contributed by atoms with Gasteiger partial charge in [0.25, 0.3) is 0 Å². The zero-order valence-corrected chi connectivity index (χ0v) is 15.4. The third-order valence-electron chi connectivity index (χ3n) is 3.73. The van der Waals surface area contributed by atoms with Gasteiger partial charge in [-0.2, -0.15) is 4.98 Å². The first-order chi connectivity index (χ1) is 10.8. The van der Waals surface area contributed by atoms with Gasteiger partial charge in [-0.3, -0.25) is 4.98 Å². The van der Waals surface area contributed by atoms with Crippen LogP contribution in [0.4, 0.5) is 5.82 Å². The van der Waals surface area contributed by atoms with Crippen molar-refractivity contribution < 1.29 is 4.74 Å². The van der Waals surface area contributed by atoms with Crippen molar-refractivity contribution in [1.29, 1.82) is 0 Å². The van der Waals surface area contributed by atoms with Gasteiger partial charge in [-0.1, -0.05) is 29.8 Å². The molecule has 1 aromatic heterocycles. The maximum atomic E-state index is 5.79. The summed E-state index contributed by atoms with van der Waals surface area (Å²) in [7, 11) is 0. The molecule has 3 rings (SSSR count). The fourth-order valence-corrected chi connectivity index (χ4v) is 2.59. The fraction of sp³-hybridized carbons (Fsp3) is 0.412. The predicted octanol–water partition coefficient (Wildman–Crippen LogP) is 3.01. The number of aromatic nitrogens is 2. The third kappa shape index (κ3) is 5.82. The number of nitrogens with zero attached hydrogens (tertiary/aromatic N) is 3. The van der Waals surface area contributed by atoms with E-state index in [1.165, 1.54) is 5.56 Å². The largest absolute Gasteiger partial charge is 0.472 e. The van der Waals surface area contributed by atoms with Crippen LogP contribution in [0, 0.1) is 6.92 Å². The zero-order chi connectivity index (χ0) is 15.2. The summed E-state index contributed by atoms with van der Waals surface area (Å²) in [5.41, 5.74) is 2.38. The highest BCUT2D eigenvalue weighted by Gasteiger charge is 2.12. The Morgan fingerprint density at radius 3 is 2.88 bits per heavy atom. The van der Waals surface area contributed by atoms with Crippen LogP contribution in [-0.4, -0.2) is 36.1 Å². The molecule has 1 N–H and O–H groups in total. The Labute approximate surface area is 155 Å². The van der Waals surface area contributed by atoms with Crippen LogP contribution < -0.4 is 15.0 Å². The van der Waals surface area contributed by atoms with Crippen LogP contribution >= 0.6 is 24.8 Å². The maximum absolute atomic E-state index is 5.79. The molecule has 5 nitrogen and oxygen atoms in total. The normalized spacial score (nSPS) is 14.1. The molecule has 1 aromatic carbocycles. The molecule has 0 bridgehead atoms. The summed E-state index contributed by atoms with van der Waals surface area (Å²) in [6.07, 6.45) is 4.61. The SMILES string of the molecule is Cc1cccc(COc2cncc(N3CCCNCC3)n2)c1.Cl.Cl. The molecule has 7 heteroatoms. The summed E-state index contributed by atoms with van der Waals surface area (Å²) >= 11 is 0. The zero-order valence-electron chi connectivity index (χ0n) is 13.8. The van der Waals surface area contributed by atoms with Gasteiger partial charge in [-0.25, -0.2) is 0 Å². The first kappa shape index (κ1) is 20.5. The molecular formula is C17H24Cl2N4O. The number of ether oxygens (including phenoxy) is 1. The summed E-state index contributed by atoms with van der Waals surface area (Å²) < 4.78 is 5.79. The van der Waals surface area contributed by atoms with Crippen molar-refractivity contribution in [2.45, 2.75) is 20.0 Å². The van der Waals surface area contributed by atoms with Gasteiger partial charge in [0.05, 0.1) is 12.4 Å². The van der Waals surface area contributed by atoms with E-state index in [1.807, 2.05) is 12.3 Å². The first-order valence-corrected chi connectivity index (χ1v) is 7.77. The number of rotatable bonds is 4. The van der Waals surface area contributed by atoms with E-state index in [-0.39, 0.29) is 24.8 Å². The van der Waals surface area contributed by atoms with Crippen molar-refractivity contribution in [2.75, 3.05) is 31.1 Å². The molecule has 0 saturated carbocycles. The molecule has 2 heterocycles. The Kier molecular flexibility index (Phi) is 8.82. The highest BCUT2D eigenvalue weighted by Crippen LogP contribution is 2.16. The van der Waals surface area contributed by atoms with Gasteiger partial charge in [-0.05, 0) is 25.5 Å². The first-order valence-electron chi connectivity index (χ1n) is 7.77. The molecule has 1 fully saturated rings. The standard InChI is InChI=1S/C17H22N4O.2ClH/c1-14-4-2-5-15(10-14)13-22-17-12-19-11-16(20-17)21-8-3-6-18-7-9-21;;/h2,4-5,10-12,18H,3,6-9,13H2,1H3;2*1H. The van der Waals surface area contributed by atoms with Crippen LogP contribution in [0.1, 0.15) is 17.5 Å². The van der Waals surface area contributed by atoms with Gasteiger partial charge >= 0.3 is 0 Å². The molecule has 1 saturated heterocycles. The van der Waals surface area contributed by atoms with Crippen LogP contribution in [0.15, 0.2) is 36.7 Å². The van der Waals surface area contributed by atoms with E-state index in [0.29, 0.717) is 12.5 Å². The number of halogens is 2. The van der Waals surface area contributed by atoms with Gasteiger partial charge in [0, 0.05) is 19.6 Å². The average Bonchev–Trinajstić information content (AvgIpc) is 2.83. The molecule has 0 radical (unpaired) electrons. The Balaban J connectivity index is 0.00000144. The molecule has 0 spiro atoms. The summed E-state index contributed by atoms with van der Waals surface area (Å²) in [4.78, 5) is 11.1. The number of nitrogens with one attached hydrogen (secondary N) is 1. The molecule has 0 atom stereocenters. The lowest BCUT2D eigenvalue weighted by atomic mass is 10.1. The van der Waals surface area contributed by atoms with Gasteiger partial charge in [0.1, 0.15) is 6.61 Å². The predicted molar refractivity (Wildman–Crippen MR) is 102 cm³/mol. The molecule has 0 unspecified atom stereocenters. The molecule has 0 aliphatic carbocycles. The minimum absolute atomic E-state index is 0. The minimum Gasteiger partial charge on any atom is -0.472 e. The summed E-state index contributed by atoms with van der Waals surface area (Å²) in [6.45, 7) is 6.60. The van der Waals surface area contributed by atoms with Gasteiger partial charge < -0.3 is 15.0 Å². The lowest BCUT2D eigenvalue weighted by Crippen LogP contribution is -2.28. The highest BCUT2D eigenvalue weighted by molar-refractivity contribution is 5.85. The van der Waals surface area contributed by atoms with E-state index in [4.69, 9.17) is 4.74 Å². The Bertz CT molecular complexity index is 619. The van der Waals surface area contributed by atoms with Crippen molar-refractivity contribution in [3.63, 3.8) is 0 Å². The van der Waals surface area contributed by atoms with Gasteiger partial charge in [-0.15, -0.1) is 24.8 Å². The molecule has 2 aromatic rings. The second-order valence-corrected chi connectivity index (χ2v) is 5.58. The Morgan fingerprint density at radius 2 is 2.04 bits per heavy atom. The smallest absolute Gasteiger partial charge is 0.234 e. The monoisotopic (exact) mass is 370 g/mol. The topological polar surface area (TPSA) is 50.3 Å². The van der Waals surface area contributed by atoms with E-state index in [2.05, 4.69) is 45.3 Å². The van der Waals surface area contributed by atoms with Gasteiger partial charge in [0.2, 0.25) is 5.88 Å². The quantitative estimate of drug-likeness (QED) is 0.896. The molecular weight excluding hydrogens is 347 g/mol. The lowest BCUT2D eigenvalue weighted by molar-refractivity contribution is 0.292. The van der Waals surface area contributed by atoms with E-state index >= 15 is 0 Å². The third-order valence-corrected chi connectivity index (χ3v) is 3.73. The van der Waals surface area contributed by atoms with Crippen molar-refractivity contribution >= 4 is 30.6 Å². The van der Waals surface area contributed by atoms with Crippen molar-refractivity contribution in [1.82, 2.24) is 15.3 Å². The summed E-state index contributed by atoms with van der Waals surface area (Å²) in [5, 5.41) is 3.39. The number of anilines is 1. The Hall–Kier alpha value is -1.56. The fourth-order valence-electron chi connectivity index (χ4n) is 2.59. The van der Waals surface area contributed by atoms with Crippen molar-refractivity contribution in [3.8, 4) is 5.88 Å². The van der Waals surface area contributed by atoms with E-state index < -0.39 is 0 Å². The van der Waals surface area contributed by atoms with Crippen LogP contribution in [-0.2, 0) is 6.61 Å². The van der Waals surface area contributed by atoms with E-state index in [9.17, 15) is 0 Å². The van der Waals surface area contributed by atoms with Crippen LogP contribution in [0.25, 0.3) is 0 Å². The minimum atomic E-state index is 0. The maximum Gasteiger partial charge on any atom is 0.234 e. The van der Waals surface area contributed by atoms with Gasteiger partial charge in [0.15, 0.2) is 5.82 Å². The number of hydrogen-bond acceptors (Lipinski definition) is 5. The number of benzene rings is 1. The van der Waals surface area contributed by atoms with E-state index in [0.717, 1.165) is 44.0 Å². The second kappa shape index (κ2) is 10.3. The number of aryl methyl sites for hydroxylation is 1. The average molecular weight is 371 g/mol. The molecule has 24 heavy (non-hydrogen) atoms. The summed E-state index contributed by atoms with van der Waals surface area (Å²) in [5.74, 6) is 1.47. The van der Waals surface area contributed by atoms with E-state index in [1.54, 1.807) is 6.20 Å². The van der Waals surface area contributed by atoms with Crippen molar-refractivity contribution in [2.24, 2.45) is 0 Å². The molecule has 0 amide bonds. The van der Waals surface area contributed by atoms with Crippen LogP contribution in [0.3, 0.4) is 0 Å². The lowest BCUT2D eigenvalue weighted by Gasteiger charge is -2.20. The second-order valence-electron chi connectivity index (χ2n) is 5.58. The number of hydrogen-bond donors (Lipinski definition) is 1. The van der Waals surface area contributed by atoms with Crippen molar-refractivity contribution in [3.05, 3.63) is 47.8 Å². The molecule has 132 valence electrons. The highest BCUT2D eigenvalue weighted by atomic mass is 35.5.